The summed E-state index contributed by atoms with van der Waals surface area (Å²) in [4.78, 5) is 47.7. The number of benzene rings is 7. The standard InChI is InChI=1S/C37H21N3O3/c1-2-17-39-35(41)24-14-10-21-19-9-13-23-32-26(16-12-20(30(19)32)22-11-15-25(36(39)42)33(24)31(21)22)37(43)40-28-8-4-6-18-5-3-7-27(29(18)28)38-34(23)40/h3-16H,2,17H2,1H3. The minimum atomic E-state index is -0.240. The van der Waals surface area contributed by atoms with Crippen LogP contribution in [0.1, 0.15) is 34.1 Å². The first kappa shape index (κ1) is 23.0. The Morgan fingerprint density at radius 3 is 1.81 bits per heavy atom. The van der Waals surface area contributed by atoms with Gasteiger partial charge in [0.15, 0.2) is 0 Å². The zero-order valence-corrected chi connectivity index (χ0v) is 23.1. The van der Waals surface area contributed by atoms with Crippen LogP contribution in [-0.2, 0) is 0 Å². The van der Waals surface area contributed by atoms with E-state index in [9.17, 15) is 14.4 Å². The first-order chi connectivity index (χ1) is 21.1. The minimum Gasteiger partial charge on any atom is -0.274 e. The molecule has 0 spiro atoms. The Bertz CT molecular complexity index is 2740. The van der Waals surface area contributed by atoms with Crippen LogP contribution in [0.5, 0.6) is 0 Å². The van der Waals surface area contributed by atoms with Crippen LogP contribution >= 0.6 is 0 Å². The summed E-state index contributed by atoms with van der Waals surface area (Å²) in [5.74, 6) is -0.481. The van der Waals surface area contributed by atoms with E-state index in [2.05, 4.69) is 12.1 Å². The van der Waals surface area contributed by atoms with Gasteiger partial charge >= 0.3 is 0 Å². The van der Waals surface area contributed by atoms with Gasteiger partial charge < -0.3 is 0 Å². The lowest BCUT2D eigenvalue weighted by Gasteiger charge is -2.28. The number of carbonyl (C=O) groups excluding carboxylic acids is 2. The number of hydrogen-bond acceptors (Lipinski definition) is 4. The molecule has 3 heterocycles. The van der Waals surface area contributed by atoms with E-state index in [0.29, 0.717) is 35.1 Å². The van der Waals surface area contributed by atoms with E-state index >= 15 is 0 Å². The van der Waals surface area contributed by atoms with Crippen molar-refractivity contribution in [1.29, 1.82) is 0 Å². The Labute approximate surface area is 243 Å². The molecule has 0 saturated heterocycles. The summed E-state index contributed by atoms with van der Waals surface area (Å²) in [5.41, 5.74) is 3.36. The van der Waals surface area contributed by atoms with Crippen molar-refractivity contribution < 1.29 is 9.59 Å². The largest absolute Gasteiger partial charge is 0.274 e. The van der Waals surface area contributed by atoms with Crippen LogP contribution in [0.2, 0.25) is 0 Å². The number of rotatable bonds is 2. The number of pyridine rings is 1. The summed E-state index contributed by atoms with van der Waals surface area (Å²) >= 11 is 0. The zero-order chi connectivity index (χ0) is 28.7. The quantitative estimate of drug-likeness (QED) is 0.125. The third-order valence-electron chi connectivity index (χ3n) is 9.51. The van der Waals surface area contributed by atoms with E-state index in [0.717, 1.165) is 70.3 Å². The molecule has 0 aliphatic carbocycles. The first-order valence-corrected chi connectivity index (χ1v) is 14.6. The van der Waals surface area contributed by atoms with E-state index in [1.807, 2.05) is 79.7 Å². The Hall–Kier alpha value is -5.62. The molecular weight excluding hydrogens is 534 g/mol. The molecule has 0 atom stereocenters. The van der Waals surface area contributed by atoms with Gasteiger partial charge in [-0.15, -0.1) is 0 Å². The number of aromatic nitrogens is 2. The van der Waals surface area contributed by atoms with Gasteiger partial charge in [0, 0.05) is 44.6 Å². The van der Waals surface area contributed by atoms with Gasteiger partial charge in [0.05, 0.1) is 11.0 Å². The van der Waals surface area contributed by atoms with Gasteiger partial charge in [0.1, 0.15) is 5.65 Å². The highest BCUT2D eigenvalue weighted by molar-refractivity contribution is 6.41. The summed E-state index contributed by atoms with van der Waals surface area (Å²) in [5, 5.41) is 11.0. The number of imide groups is 1. The molecule has 1 aliphatic rings. The average Bonchev–Trinajstić information content (AvgIpc) is 3.04. The minimum absolute atomic E-state index is 0.0970. The Morgan fingerprint density at radius 1 is 0.581 bits per heavy atom. The molecule has 7 aromatic carbocycles. The monoisotopic (exact) mass is 555 g/mol. The fourth-order valence-corrected chi connectivity index (χ4v) is 7.79. The van der Waals surface area contributed by atoms with Crippen molar-refractivity contribution in [3.8, 4) is 0 Å². The highest BCUT2D eigenvalue weighted by Crippen LogP contribution is 2.46. The number of fused-ring (bicyclic) bond motifs is 5. The van der Waals surface area contributed by atoms with Gasteiger partial charge in [-0.1, -0.05) is 55.5 Å². The summed E-state index contributed by atoms with van der Waals surface area (Å²) < 4.78 is 1.76. The van der Waals surface area contributed by atoms with Gasteiger partial charge in [0.25, 0.3) is 17.4 Å². The fourth-order valence-electron chi connectivity index (χ4n) is 7.79. The predicted octanol–water partition coefficient (Wildman–Crippen LogP) is 7.65. The Morgan fingerprint density at radius 2 is 1.14 bits per heavy atom. The molecule has 9 aromatic rings. The summed E-state index contributed by atoms with van der Waals surface area (Å²) in [7, 11) is 0. The third-order valence-corrected chi connectivity index (χ3v) is 9.51. The van der Waals surface area contributed by atoms with E-state index in [-0.39, 0.29) is 17.4 Å². The third kappa shape index (κ3) is 2.57. The van der Waals surface area contributed by atoms with Crippen molar-refractivity contribution in [2.75, 3.05) is 6.54 Å². The maximum Gasteiger partial charge on any atom is 0.264 e. The van der Waals surface area contributed by atoms with Crippen LogP contribution in [0.4, 0.5) is 0 Å². The first-order valence-electron chi connectivity index (χ1n) is 14.6. The lowest BCUT2D eigenvalue weighted by atomic mass is 9.84. The fraction of sp³-hybridized carbons (Fsp3) is 0.0811. The normalized spacial score (nSPS) is 14.0. The molecule has 10 rings (SSSR count). The van der Waals surface area contributed by atoms with E-state index < -0.39 is 0 Å². The molecule has 2 amide bonds. The average molecular weight is 556 g/mol. The second-order valence-electron chi connectivity index (χ2n) is 11.6. The SMILES string of the molecule is CCCN1C(=O)c2ccc3c4ccc5c(=O)n6c7cccc8cccc(nc6c6ccc(c9ccc(c2c39)C1=O)c4c56)c87. The lowest BCUT2D eigenvalue weighted by molar-refractivity contribution is 0.0611. The maximum atomic E-state index is 14.3. The predicted molar refractivity (Wildman–Crippen MR) is 172 cm³/mol. The second-order valence-corrected chi connectivity index (χ2v) is 11.6. The molecule has 2 aromatic heterocycles. The number of amides is 2. The van der Waals surface area contributed by atoms with Gasteiger partial charge in [-0.05, 0) is 80.5 Å². The molecular formula is C37H21N3O3. The summed E-state index contributed by atoms with van der Waals surface area (Å²) in [6.45, 7) is 2.36. The maximum absolute atomic E-state index is 14.3. The summed E-state index contributed by atoms with van der Waals surface area (Å²) in [6.07, 6.45) is 0.703. The number of carbonyl (C=O) groups is 2. The molecule has 0 saturated carbocycles. The molecule has 0 N–H and O–H groups in total. The van der Waals surface area contributed by atoms with Gasteiger partial charge in [-0.2, -0.15) is 0 Å². The zero-order valence-electron chi connectivity index (χ0n) is 23.1. The Kier molecular flexibility index (Phi) is 4.07. The van der Waals surface area contributed by atoms with Crippen LogP contribution in [0, 0.1) is 0 Å². The lowest BCUT2D eigenvalue weighted by Crippen LogP contribution is -2.40. The second kappa shape index (κ2) is 7.61. The number of hydrogen-bond donors (Lipinski definition) is 0. The highest BCUT2D eigenvalue weighted by Gasteiger charge is 2.34. The van der Waals surface area contributed by atoms with Crippen molar-refractivity contribution in [3.05, 3.63) is 106 Å². The molecule has 6 heteroatoms. The molecule has 0 fully saturated rings. The van der Waals surface area contributed by atoms with Crippen molar-refractivity contribution in [3.63, 3.8) is 0 Å². The van der Waals surface area contributed by atoms with Gasteiger partial charge in [-0.25, -0.2) is 4.98 Å². The van der Waals surface area contributed by atoms with Crippen molar-refractivity contribution in [2.24, 2.45) is 0 Å². The van der Waals surface area contributed by atoms with Crippen molar-refractivity contribution in [1.82, 2.24) is 14.3 Å². The van der Waals surface area contributed by atoms with Crippen LogP contribution in [0.15, 0.2) is 89.7 Å². The van der Waals surface area contributed by atoms with Crippen LogP contribution in [0.25, 0.3) is 81.3 Å². The van der Waals surface area contributed by atoms with E-state index in [4.69, 9.17) is 4.98 Å². The molecule has 43 heavy (non-hydrogen) atoms. The topological polar surface area (TPSA) is 71.8 Å². The summed E-state index contributed by atoms with van der Waals surface area (Å²) in [6, 6.07) is 27.9. The van der Waals surface area contributed by atoms with Gasteiger partial charge in [0.2, 0.25) is 0 Å². The van der Waals surface area contributed by atoms with E-state index in [1.165, 1.54) is 4.90 Å². The van der Waals surface area contributed by atoms with Crippen LogP contribution in [-0.4, -0.2) is 32.6 Å². The Balaban J connectivity index is 1.41. The van der Waals surface area contributed by atoms with Crippen molar-refractivity contribution in [2.45, 2.75) is 13.3 Å². The smallest absolute Gasteiger partial charge is 0.264 e. The highest BCUT2D eigenvalue weighted by atomic mass is 16.2. The molecule has 202 valence electrons. The van der Waals surface area contributed by atoms with Crippen LogP contribution < -0.4 is 5.56 Å². The van der Waals surface area contributed by atoms with Crippen molar-refractivity contribution >= 4 is 93.1 Å². The molecule has 0 unspecified atom stereocenters. The van der Waals surface area contributed by atoms with Crippen LogP contribution in [0.3, 0.4) is 0 Å². The van der Waals surface area contributed by atoms with Gasteiger partial charge in [-0.3, -0.25) is 23.7 Å². The molecule has 1 aliphatic heterocycles. The molecule has 0 radical (unpaired) electrons. The number of nitrogens with zero attached hydrogens (tertiary/aromatic N) is 3. The molecule has 6 nitrogen and oxygen atoms in total. The van der Waals surface area contributed by atoms with E-state index in [1.54, 1.807) is 4.40 Å². The molecule has 0 bridgehead atoms.